The summed E-state index contributed by atoms with van der Waals surface area (Å²) in [6.45, 7) is 15.4. The van der Waals surface area contributed by atoms with Crippen molar-refractivity contribution in [3.63, 3.8) is 0 Å². The summed E-state index contributed by atoms with van der Waals surface area (Å²) in [5, 5.41) is 54.0. The maximum atomic E-state index is 14.4. The lowest BCUT2D eigenvalue weighted by Gasteiger charge is -2.30. The smallest absolute Gasteiger partial charge is 0.303 e. The fraction of sp³-hybridized carbons (Fsp3) is 0.754. The van der Waals surface area contributed by atoms with Crippen molar-refractivity contribution in [3.8, 4) is 0 Å². The van der Waals surface area contributed by atoms with Crippen LogP contribution in [0.2, 0.25) is 0 Å². The Balaban J connectivity index is 6.97. The first-order valence-corrected chi connectivity index (χ1v) is 31.4. The van der Waals surface area contributed by atoms with Gasteiger partial charge in [-0.2, -0.15) is 11.8 Å². The molecule has 10 atom stereocenters. The molecule has 31 heteroatoms. The molecule has 0 aliphatic carbocycles. The van der Waals surface area contributed by atoms with Crippen LogP contribution in [0.5, 0.6) is 0 Å². The molecular formula is C57H101N13O17S. The van der Waals surface area contributed by atoms with Crippen molar-refractivity contribution in [2.24, 2.45) is 40.9 Å². The first-order chi connectivity index (χ1) is 41.2. The Bertz CT molecular complexity index is 2330. The molecule has 0 fully saturated rings. The quantitative estimate of drug-likeness (QED) is 0.0316. The van der Waals surface area contributed by atoms with Crippen LogP contribution in [0.1, 0.15) is 165 Å². The third-order valence-electron chi connectivity index (χ3n) is 13.6. The van der Waals surface area contributed by atoms with Crippen molar-refractivity contribution >= 4 is 94.6 Å². The number of nitrogens with two attached hydrogens (primary N) is 3. The molecule has 0 saturated carbocycles. The number of aliphatic carboxylic acids is 3. The van der Waals surface area contributed by atoms with Crippen LogP contribution < -0.4 is 70.4 Å². The van der Waals surface area contributed by atoms with Crippen molar-refractivity contribution < 1.29 is 82.4 Å². The van der Waals surface area contributed by atoms with Gasteiger partial charge in [-0.1, -0.05) is 55.4 Å². The normalized spacial score (nSPS) is 14.7. The first kappa shape index (κ1) is 80.8. The third kappa shape index (κ3) is 34.4. The molecule has 0 aliphatic heterocycles. The van der Waals surface area contributed by atoms with Crippen LogP contribution in [-0.2, 0) is 67.1 Å². The van der Waals surface area contributed by atoms with Crippen LogP contribution in [0.3, 0.4) is 0 Å². The lowest BCUT2D eigenvalue weighted by atomic mass is 9.98. The number of carbonyl (C=O) groups is 14. The highest BCUT2D eigenvalue weighted by Crippen LogP contribution is 2.15. The number of hydrogen-bond acceptors (Lipinski definition) is 17. The van der Waals surface area contributed by atoms with Gasteiger partial charge in [0.15, 0.2) is 0 Å². The second-order valence-electron chi connectivity index (χ2n) is 23.4. The number of primary amides is 1. The zero-order chi connectivity index (χ0) is 67.4. The van der Waals surface area contributed by atoms with Crippen molar-refractivity contribution in [2.45, 2.75) is 225 Å². The Morgan fingerprint density at radius 1 is 0.364 bits per heavy atom. The number of nitrogens with one attached hydrogen (secondary N) is 10. The minimum Gasteiger partial charge on any atom is -0.481 e. The number of carbonyl (C=O) groups excluding carboxylic acids is 11. The van der Waals surface area contributed by atoms with E-state index in [-0.39, 0.29) is 88.0 Å². The Kier molecular flexibility index (Phi) is 40.0. The monoisotopic (exact) mass is 1270 g/mol. The molecular weight excluding hydrogens is 1170 g/mol. The van der Waals surface area contributed by atoms with E-state index in [1.807, 2.05) is 0 Å². The highest BCUT2D eigenvalue weighted by molar-refractivity contribution is 7.98. The molecule has 0 aromatic carbocycles. The number of carboxylic acids is 3. The predicted molar refractivity (Wildman–Crippen MR) is 327 cm³/mol. The summed E-state index contributed by atoms with van der Waals surface area (Å²) in [6.07, 6.45) is 0.274. The maximum Gasteiger partial charge on any atom is 0.303 e. The van der Waals surface area contributed by atoms with Crippen LogP contribution in [0.15, 0.2) is 0 Å². The highest BCUT2D eigenvalue weighted by atomic mass is 32.2. The SMILES string of the molecule is CSCCC(NC(=O)C(CC(C)C)NC(=O)C(NC(=O)C(CCCCN)NC(=O)C(CC(C)C)NC(=O)C(CCC(=O)O)NC(C)=O)C(C)C)C(=O)NC(CCC(=O)O)C(=O)NC(CCCCN)C(=O)NC(CCC(=O)O)C(=O)NC(CC(C)C)C(N)=O. The molecule has 0 rings (SSSR count). The third-order valence-corrected chi connectivity index (χ3v) is 14.2. The number of rotatable bonds is 47. The number of amides is 11. The average molecular weight is 1270 g/mol. The predicted octanol–water partition coefficient (Wildman–Crippen LogP) is -1.26. The van der Waals surface area contributed by atoms with Gasteiger partial charge < -0.3 is 85.7 Å². The number of unbranched alkanes of at least 4 members (excludes halogenated alkanes) is 2. The fourth-order valence-corrected chi connectivity index (χ4v) is 9.43. The second kappa shape index (κ2) is 43.5. The number of carboxylic acid groups (broad SMARTS) is 3. The standard InChI is InChI=1S/C57H101N13O17S/c1-30(2)27-41(48(60)78)67-52(82)39(19-22-46(76)77)64-49(79)35(15-11-13-24-58)62-51(81)38(18-21-45(74)75)65-53(83)40(23-26-88-10)66-56(86)43(29-32(5)6)69-57(87)47(33(7)8)70-54(84)36(16-12-14-25-59)63-55(85)42(28-31(3)4)68-50(80)37(61-34(9)71)17-20-44(72)73/h30-33,35-43,47H,11-29,58-59H2,1-10H3,(H2,60,78)(H,61,71)(H,62,81)(H,63,85)(H,64,79)(H,65,83)(H,66,86)(H,67,82)(H,68,80)(H,69,87)(H,70,84)(H,72,73)(H,74,75)(H,76,77). The topological polar surface area (TPSA) is 498 Å². The molecule has 0 aromatic rings. The van der Waals surface area contributed by atoms with Gasteiger partial charge in [0.2, 0.25) is 65.0 Å². The Labute approximate surface area is 519 Å². The summed E-state index contributed by atoms with van der Waals surface area (Å²) in [6, 6.07) is -13.7. The van der Waals surface area contributed by atoms with Crippen LogP contribution in [-0.4, -0.2) is 184 Å². The summed E-state index contributed by atoms with van der Waals surface area (Å²) in [4.78, 5) is 185. The molecule has 19 N–H and O–H groups in total. The molecule has 0 radical (unpaired) electrons. The fourth-order valence-electron chi connectivity index (χ4n) is 8.96. The molecule has 11 amide bonds. The first-order valence-electron chi connectivity index (χ1n) is 30.0. The molecule has 0 bridgehead atoms. The lowest BCUT2D eigenvalue weighted by Crippen LogP contribution is -2.61. The van der Waals surface area contributed by atoms with E-state index in [0.29, 0.717) is 19.3 Å². The minimum atomic E-state index is -1.65. The summed E-state index contributed by atoms with van der Waals surface area (Å²) in [7, 11) is 0. The molecule has 0 aliphatic rings. The van der Waals surface area contributed by atoms with Crippen LogP contribution in [0.25, 0.3) is 0 Å². The molecule has 0 heterocycles. The number of thioether (sulfide) groups is 1. The van der Waals surface area contributed by atoms with E-state index in [0.717, 1.165) is 6.92 Å². The van der Waals surface area contributed by atoms with Crippen molar-refractivity contribution in [1.29, 1.82) is 0 Å². The molecule has 0 spiro atoms. The van der Waals surface area contributed by atoms with Gasteiger partial charge in [-0.25, -0.2) is 0 Å². The van der Waals surface area contributed by atoms with Gasteiger partial charge in [0.1, 0.15) is 60.4 Å². The Hall–Kier alpha value is -7.15. The van der Waals surface area contributed by atoms with Crippen LogP contribution >= 0.6 is 11.8 Å². The Morgan fingerprint density at radius 3 is 0.932 bits per heavy atom. The highest BCUT2D eigenvalue weighted by Gasteiger charge is 2.37. The van der Waals surface area contributed by atoms with Gasteiger partial charge in [-0.3, -0.25) is 67.1 Å². The van der Waals surface area contributed by atoms with E-state index in [2.05, 4.69) is 53.2 Å². The zero-order valence-electron chi connectivity index (χ0n) is 52.7. The summed E-state index contributed by atoms with van der Waals surface area (Å²) < 4.78 is 0. The van der Waals surface area contributed by atoms with E-state index in [1.165, 1.54) is 11.8 Å². The van der Waals surface area contributed by atoms with Crippen LogP contribution in [0, 0.1) is 23.7 Å². The average Bonchev–Trinajstić information content (AvgIpc) is 3.51. The van der Waals surface area contributed by atoms with E-state index in [4.69, 9.17) is 17.2 Å². The number of hydrogen-bond donors (Lipinski definition) is 16. The second-order valence-corrected chi connectivity index (χ2v) is 24.4. The molecule has 502 valence electrons. The molecule has 30 nitrogen and oxygen atoms in total. The van der Waals surface area contributed by atoms with E-state index in [9.17, 15) is 82.4 Å². The molecule has 10 unspecified atom stereocenters. The van der Waals surface area contributed by atoms with E-state index >= 15 is 0 Å². The molecule has 88 heavy (non-hydrogen) atoms. The minimum absolute atomic E-state index is 0.00673. The van der Waals surface area contributed by atoms with Crippen molar-refractivity contribution in [1.82, 2.24) is 53.2 Å². The van der Waals surface area contributed by atoms with Gasteiger partial charge in [-0.15, -0.1) is 0 Å². The van der Waals surface area contributed by atoms with Crippen molar-refractivity contribution in [3.05, 3.63) is 0 Å². The lowest BCUT2D eigenvalue weighted by molar-refractivity contribution is -0.139. The van der Waals surface area contributed by atoms with Gasteiger partial charge >= 0.3 is 17.9 Å². The summed E-state index contributed by atoms with van der Waals surface area (Å²) in [5.74, 6) is -14.2. The van der Waals surface area contributed by atoms with Crippen molar-refractivity contribution in [2.75, 3.05) is 25.1 Å². The van der Waals surface area contributed by atoms with Crippen LogP contribution in [0.4, 0.5) is 0 Å². The van der Waals surface area contributed by atoms with Gasteiger partial charge in [-0.05, 0) is 132 Å². The van der Waals surface area contributed by atoms with Gasteiger partial charge in [0, 0.05) is 26.2 Å². The molecule has 0 aromatic heterocycles. The largest absolute Gasteiger partial charge is 0.481 e. The summed E-state index contributed by atoms with van der Waals surface area (Å²) >= 11 is 1.30. The van der Waals surface area contributed by atoms with Gasteiger partial charge in [0.25, 0.3) is 0 Å². The Morgan fingerprint density at radius 2 is 0.636 bits per heavy atom. The van der Waals surface area contributed by atoms with E-state index < -0.39 is 181 Å². The summed E-state index contributed by atoms with van der Waals surface area (Å²) in [5.41, 5.74) is 17.0. The van der Waals surface area contributed by atoms with E-state index in [1.54, 1.807) is 61.6 Å². The molecule has 0 saturated heterocycles. The zero-order valence-corrected chi connectivity index (χ0v) is 53.5. The van der Waals surface area contributed by atoms with Gasteiger partial charge in [0.05, 0.1) is 0 Å². The maximum absolute atomic E-state index is 14.4.